The van der Waals surface area contributed by atoms with E-state index in [2.05, 4.69) is 10.5 Å². The van der Waals surface area contributed by atoms with Crippen LogP contribution in [0.3, 0.4) is 0 Å². The van der Waals surface area contributed by atoms with E-state index in [-0.39, 0.29) is 11.6 Å². The van der Waals surface area contributed by atoms with Crippen molar-refractivity contribution in [1.82, 2.24) is 5.32 Å². The van der Waals surface area contributed by atoms with Crippen LogP contribution in [-0.4, -0.2) is 40.1 Å². The summed E-state index contributed by atoms with van der Waals surface area (Å²) in [5, 5.41) is 14.8. The lowest BCUT2D eigenvalue weighted by molar-refractivity contribution is -0.143. The topological polar surface area (TPSA) is 97.2 Å². The SMILES string of the molecule is CC(C)(C)OC(=O)N[C@H](C(=O)O)[C@H]1CC(Cl)=NO1. The summed E-state index contributed by atoms with van der Waals surface area (Å²) in [4.78, 5) is 27.4. The number of oxime groups is 1. The number of nitrogens with zero attached hydrogens (tertiary/aromatic N) is 1. The van der Waals surface area contributed by atoms with Gasteiger partial charge in [-0.3, -0.25) is 0 Å². The van der Waals surface area contributed by atoms with Crippen LogP contribution in [0.5, 0.6) is 0 Å². The van der Waals surface area contributed by atoms with Crippen LogP contribution < -0.4 is 5.32 Å². The molecule has 0 spiro atoms. The molecule has 0 aliphatic carbocycles. The van der Waals surface area contributed by atoms with Gasteiger partial charge in [0.15, 0.2) is 12.1 Å². The molecule has 7 nitrogen and oxygen atoms in total. The molecule has 0 aromatic rings. The van der Waals surface area contributed by atoms with E-state index >= 15 is 0 Å². The van der Waals surface area contributed by atoms with Gasteiger partial charge < -0.3 is 20.0 Å². The highest BCUT2D eigenvalue weighted by molar-refractivity contribution is 6.65. The molecular weight excluding hydrogens is 264 g/mol. The van der Waals surface area contributed by atoms with E-state index in [1.165, 1.54) is 0 Å². The summed E-state index contributed by atoms with van der Waals surface area (Å²) in [5.41, 5.74) is -0.711. The Morgan fingerprint density at radius 3 is 2.61 bits per heavy atom. The van der Waals surface area contributed by atoms with Crippen molar-refractivity contribution >= 4 is 28.8 Å². The van der Waals surface area contributed by atoms with Gasteiger partial charge in [-0.1, -0.05) is 16.8 Å². The number of halogens is 1. The Balaban J connectivity index is 2.59. The average molecular weight is 279 g/mol. The van der Waals surface area contributed by atoms with E-state index in [0.717, 1.165) is 0 Å². The van der Waals surface area contributed by atoms with Crippen molar-refractivity contribution in [3.05, 3.63) is 0 Å². The van der Waals surface area contributed by atoms with Gasteiger partial charge in [-0.05, 0) is 20.8 Å². The molecule has 1 aliphatic rings. The van der Waals surface area contributed by atoms with E-state index in [9.17, 15) is 9.59 Å². The summed E-state index contributed by atoms with van der Waals surface area (Å²) >= 11 is 5.59. The Labute approximate surface area is 109 Å². The second-order valence-corrected chi connectivity index (χ2v) is 5.21. The minimum atomic E-state index is -1.26. The zero-order valence-corrected chi connectivity index (χ0v) is 11.0. The number of aliphatic carboxylic acids is 1. The van der Waals surface area contributed by atoms with Gasteiger partial charge in [-0.15, -0.1) is 0 Å². The largest absolute Gasteiger partial charge is 0.480 e. The van der Waals surface area contributed by atoms with E-state index in [0.29, 0.717) is 0 Å². The Morgan fingerprint density at radius 2 is 2.22 bits per heavy atom. The molecule has 2 N–H and O–H groups in total. The smallest absolute Gasteiger partial charge is 0.408 e. The number of carbonyl (C=O) groups is 2. The predicted molar refractivity (Wildman–Crippen MR) is 63.6 cm³/mol. The molecule has 1 heterocycles. The van der Waals surface area contributed by atoms with Gasteiger partial charge in [0.25, 0.3) is 0 Å². The maximum absolute atomic E-state index is 11.5. The molecule has 0 aromatic carbocycles. The number of amides is 1. The summed E-state index contributed by atoms with van der Waals surface area (Å²) in [6.07, 6.45) is -1.53. The standard InChI is InChI=1S/C10H15ClN2O5/c1-10(2,3)17-9(16)12-7(8(14)15)5-4-6(11)13-18-5/h5,7H,4H2,1-3H3,(H,12,16)(H,14,15)/t5-,7+/m1/s1. The fourth-order valence-electron chi connectivity index (χ4n) is 1.29. The number of rotatable bonds is 3. The second-order valence-electron chi connectivity index (χ2n) is 4.78. The first-order valence-corrected chi connectivity index (χ1v) is 5.67. The quantitative estimate of drug-likeness (QED) is 0.811. The van der Waals surface area contributed by atoms with Gasteiger partial charge in [0.2, 0.25) is 0 Å². The zero-order valence-electron chi connectivity index (χ0n) is 10.3. The van der Waals surface area contributed by atoms with Crippen LogP contribution in [0.2, 0.25) is 0 Å². The van der Waals surface area contributed by atoms with E-state index < -0.39 is 29.8 Å². The molecular formula is C10H15ClN2O5. The summed E-state index contributed by atoms with van der Waals surface area (Å²) in [6, 6.07) is -1.26. The van der Waals surface area contributed by atoms with Crippen molar-refractivity contribution in [1.29, 1.82) is 0 Å². The van der Waals surface area contributed by atoms with Gasteiger partial charge in [0.05, 0.1) is 0 Å². The van der Waals surface area contributed by atoms with E-state index in [1.807, 2.05) is 0 Å². The second kappa shape index (κ2) is 5.43. The number of carbonyl (C=O) groups excluding carboxylic acids is 1. The lowest BCUT2D eigenvalue weighted by Gasteiger charge is -2.23. The lowest BCUT2D eigenvalue weighted by atomic mass is 10.1. The first-order chi connectivity index (χ1) is 8.19. The highest BCUT2D eigenvalue weighted by Gasteiger charge is 2.36. The van der Waals surface area contributed by atoms with E-state index in [4.69, 9.17) is 26.3 Å². The Kier molecular flexibility index (Phi) is 4.39. The number of alkyl carbamates (subject to hydrolysis) is 1. The number of ether oxygens (including phenoxy) is 1. The van der Waals surface area contributed by atoms with Crippen LogP contribution in [-0.2, 0) is 14.4 Å². The number of carboxylic acid groups (broad SMARTS) is 1. The molecule has 0 unspecified atom stereocenters. The minimum absolute atomic E-state index is 0.133. The minimum Gasteiger partial charge on any atom is -0.480 e. The highest BCUT2D eigenvalue weighted by Crippen LogP contribution is 2.17. The average Bonchev–Trinajstić information content (AvgIpc) is 2.57. The molecule has 1 amide bonds. The fraction of sp³-hybridized carbons (Fsp3) is 0.700. The summed E-state index contributed by atoms with van der Waals surface area (Å²) in [5.74, 6) is -1.24. The first-order valence-electron chi connectivity index (χ1n) is 5.29. The van der Waals surface area contributed by atoms with Crippen LogP contribution in [0.4, 0.5) is 4.79 Å². The number of hydrogen-bond donors (Lipinski definition) is 2. The Hall–Kier alpha value is -1.50. The Morgan fingerprint density at radius 1 is 1.61 bits per heavy atom. The van der Waals surface area contributed by atoms with E-state index in [1.54, 1.807) is 20.8 Å². The van der Waals surface area contributed by atoms with Crippen LogP contribution in [0.1, 0.15) is 27.2 Å². The summed E-state index contributed by atoms with van der Waals surface area (Å²) in [6.45, 7) is 5.03. The van der Waals surface area contributed by atoms with Gasteiger partial charge in [0, 0.05) is 6.42 Å². The zero-order chi connectivity index (χ0) is 13.9. The molecule has 0 radical (unpaired) electrons. The number of carboxylic acids is 1. The third-order valence-corrected chi connectivity index (χ3v) is 2.19. The molecule has 18 heavy (non-hydrogen) atoms. The molecule has 1 rings (SSSR count). The number of hydrogen-bond acceptors (Lipinski definition) is 5. The normalized spacial score (nSPS) is 20.7. The molecule has 0 bridgehead atoms. The molecule has 102 valence electrons. The van der Waals surface area contributed by atoms with Gasteiger partial charge in [-0.2, -0.15) is 0 Å². The summed E-state index contributed by atoms with van der Waals surface area (Å²) in [7, 11) is 0. The summed E-state index contributed by atoms with van der Waals surface area (Å²) < 4.78 is 4.97. The van der Waals surface area contributed by atoms with Crippen molar-refractivity contribution in [2.24, 2.45) is 5.16 Å². The predicted octanol–water partition coefficient (Wildman–Crippen LogP) is 1.31. The molecule has 0 aromatic heterocycles. The van der Waals surface area contributed by atoms with Gasteiger partial charge in [-0.25, -0.2) is 9.59 Å². The van der Waals surface area contributed by atoms with Crippen molar-refractivity contribution in [3.8, 4) is 0 Å². The lowest BCUT2D eigenvalue weighted by Crippen LogP contribution is -2.50. The third kappa shape index (κ3) is 4.40. The van der Waals surface area contributed by atoms with Crippen LogP contribution in [0.15, 0.2) is 5.16 Å². The molecule has 8 heteroatoms. The molecule has 1 aliphatic heterocycles. The maximum atomic E-state index is 11.5. The number of nitrogens with one attached hydrogen (secondary N) is 1. The molecule has 0 saturated carbocycles. The van der Waals surface area contributed by atoms with Gasteiger partial charge >= 0.3 is 12.1 Å². The third-order valence-electron chi connectivity index (χ3n) is 1.97. The van der Waals surface area contributed by atoms with Crippen LogP contribution in [0.25, 0.3) is 0 Å². The van der Waals surface area contributed by atoms with Crippen LogP contribution >= 0.6 is 11.6 Å². The van der Waals surface area contributed by atoms with Crippen molar-refractivity contribution in [2.45, 2.75) is 44.9 Å². The van der Waals surface area contributed by atoms with Crippen molar-refractivity contribution < 1.29 is 24.3 Å². The maximum Gasteiger partial charge on any atom is 0.408 e. The fourth-order valence-corrected chi connectivity index (χ4v) is 1.48. The monoisotopic (exact) mass is 278 g/mol. The molecule has 0 fully saturated rings. The van der Waals surface area contributed by atoms with Crippen molar-refractivity contribution in [3.63, 3.8) is 0 Å². The van der Waals surface area contributed by atoms with Gasteiger partial charge in [0.1, 0.15) is 10.8 Å². The van der Waals surface area contributed by atoms with Crippen molar-refractivity contribution in [2.75, 3.05) is 0 Å². The molecule has 0 saturated heterocycles. The first kappa shape index (κ1) is 14.6. The Bertz CT molecular complexity index is 377. The van der Waals surface area contributed by atoms with Crippen LogP contribution in [0, 0.1) is 0 Å². The highest BCUT2D eigenvalue weighted by atomic mass is 35.5. The molecule has 2 atom stereocenters.